The molecule has 0 aliphatic carbocycles. The van der Waals surface area contributed by atoms with Crippen molar-refractivity contribution in [3.05, 3.63) is 44.5 Å². The van der Waals surface area contributed by atoms with Crippen molar-refractivity contribution in [2.75, 3.05) is 0 Å². The van der Waals surface area contributed by atoms with E-state index in [2.05, 4.69) is 39.7 Å². The van der Waals surface area contributed by atoms with Crippen molar-refractivity contribution in [3.8, 4) is 0 Å². The molecule has 0 amide bonds. The summed E-state index contributed by atoms with van der Waals surface area (Å²) in [5, 5.41) is 0. The third kappa shape index (κ3) is 2.34. The van der Waals surface area contributed by atoms with Gasteiger partial charge in [0.05, 0.1) is 11.0 Å². The standard InChI is InChI=1S/C12H13BrN2O2/c1-6(2)10(13)7-3-4-8-9(5-7)15-12(17)11(16)14-8/h3-6,10H,1-2H3,(H,14,16)(H,15,17). The maximum absolute atomic E-state index is 11.2. The number of halogens is 1. The molecular weight excluding hydrogens is 284 g/mol. The highest BCUT2D eigenvalue weighted by Crippen LogP contribution is 2.31. The quantitative estimate of drug-likeness (QED) is 0.660. The van der Waals surface area contributed by atoms with E-state index >= 15 is 0 Å². The van der Waals surface area contributed by atoms with Gasteiger partial charge in [0.25, 0.3) is 0 Å². The molecule has 0 saturated carbocycles. The molecule has 2 aromatic rings. The van der Waals surface area contributed by atoms with Crippen LogP contribution in [0, 0.1) is 5.92 Å². The van der Waals surface area contributed by atoms with Crippen molar-refractivity contribution in [3.63, 3.8) is 0 Å². The summed E-state index contributed by atoms with van der Waals surface area (Å²) < 4.78 is 0. The fraction of sp³-hybridized carbons (Fsp3) is 0.333. The van der Waals surface area contributed by atoms with E-state index in [9.17, 15) is 9.59 Å². The number of alkyl halides is 1. The van der Waals surface area contributed by atoms with E-state index in [0.717, 1.165) is 5.56 Å². The van der Waals surface area contributed by atoms with Crippen LogP contribution >= 0.6 is 15.9 Å². The normalized spacial score (nSPS) is 13.2. The Morgan fingerprint density at radius 1 is 1.06 bits per heavy atom. The zero-order valence-corrected chi connectivity index (χ0v) is 11.2. The molecule has 0 aliphatic heterocycles. The minimum Gasteiger partial charge on any atom is -0.316 e. The van der Waals surface area contributed by atoms with Crippen molar-refractivity contribution in [2.24, 2.45) is 5.92 Å². The summed E-state index contributed by atoms with van der Waals surface area (Å²) in [4.78, 5) is 27.7. The van der Waals surface area contributed by atoms with Crippen molar-refractivity contribution < 1.29 is 0 Å². The van der Waals surface area contributed by atoms with Gasteiger partial charge in [-0.1, -0.05) is 35.8 Å². The minimum atomic E-state index is -0.621. The van der Waals surface area contributed by atoms with Crippen LogP contribution < -0.4 is 11.1 Å². The monoisotopic (exact) mass is 296 g/mol. The Kier molecular flexibility index (Phi) is 3.19. The number of hydrogen-bond donors (Lipinski definition) is 2. The molecule has 2 rings (SSSR count). The molecule has 0 spiro atoms. The Hall–Kier alpha value is -1.36. The summed E-state index contributed by atoms with van der Waals surface area (Å²) in [5.41, 5.74) is 1.13. The van der Waals surface area contributed by atoms with Crippen molar-refractivity contribution in [1.82, 2.24) is 9.97 Å². The van der Waals surface area contributed by atoms with Gasteiger partial charge >= 0.3 is 11.1 Å². The molecule has 0 fully saturated rings. The molecule has 90 valence electrons. The number of aromatic nitrogens is 2. The maximum Gasteiger partial charge on any atom is 0.314 e. The molecule has 2 N–H and O–H groups in total. The van der Waals surface area contributed by atoms with Gasteiger partial charge in [0.2, 0.25) is 0 Å². The number of nitrogens with one attached hydrogen (secondary N) is 2. The van der Waals surface area contributed by atoms with Gasteiger partial charge in [-0.25, -0.2) is 0 Å². The van der Waals surface area contributed by atoms with Gasteiger partial charge in [-0.3, -0.25) is 9.59 Å². The van der Waals surface area contributed by atoms with Crippen LogP contribution in [0.1, 0.15) is 24.2 Å². The molecule has 0 bridgehead atoms. The second-order valence-corrected chi connectivity index (χ2v) is 5.35. The third-order valence-corrected chi connectivity index (χ3v) is 4.24. The molecule has 1 unspecified atom stereocenters. The van der Waals surface area contributed by atoms with E-state index < -0.39 is 11.1 Å². The van der Waals surface area contributed by atoms with Crippen molar-refractivity contribution >= 4 is 27.0 Å². The van der Waals surface area contributed by atoms with Crippen LogP contribution in [0.25, 0.3) is 11.0 Å². The van der Waals surface area contributed by atoms with Gasteiger partial charge in [0.1, 0.15) is 0 Å². The molecule has 0 aliphatic rings. The van der Waals surface area contributed by atoms with Crippen molar-refractivity contribution in [1.29, 1.82) is 0 Å². The summed E-state index contributed by atoms with van der Waals surface area (Å²) in [5.74, 6) is 0.446. The minimum absolute atomic E-state index is 0.224. The zero-order chi connectivity index (χ0) is 12.6. The first-order chi connectivity index (χ1) is 7.99. The van der Waals surface area contributed by atoms with Gasteiger partial charge in [0, 0.05) is 4.83 Å². The molecule has 5 heteroatoms. The Morgan fingerprint density at radius 3 is 2.24 bits per heavy atom. The van der Waals surface area contributed by atoms with Gasteiger partial charge in [-0.15, -0.1) is 0 Å². The smallest absolute Gasteiger partial charge is 0.314 e. The molecule has 17 heavy (non-hydrogen) atoms. The van der Waals surface area contributed by atoms with Crippen LogP contribution in [-0.2, 0) is 0 Å². The molecule has 0 radical (unpaired) electrons. The van der Waals surface area contributed by atoms with E-state index in [1.54, 1.807) is 6.07 Å². The molecule has 1 aromatic heterocycles. The second kappa shape index (κ2) is 4.49. The first-order valence-corrected chi connectivity index (χ1v) is 6.31. The highest BCUT2D eigenvalue weighted by Gasteiger charge is 2.12. The number of aromatic amines is 2. The van der Waals surface area contributed by atoms with Crippen molar-refractivity contribution in [2.45, 2.75) is 18.7 Å². The van der Waals surface area contributed by atoms with Gasteiger partial charge < -0.3 is 9.97 Å². The topological polar surface area (TPSA) is 65.7 Å². The lowest BCUT2D eigenvalue weighted by atomic mass is 10.0. The number of benzene rings is 1. The number of fused-ring (bicyclic) bond motifs is 1. The first-order valence-electron chi connectivity index (χ1n) is 5.39. The average Bonchev–Trinajstić information content (AvgIpc) is 2.29. The Balaban J connectivity index is 2.62. The van der Waals surface area contributed by atoms with Crippen LogP contribution in [0.5, 0.6) is 0 Å². The number of H-pyrrole nitrogens is 2. The van der Waals surface area contributed by atoms with Crippen LogP contribution in [0.2, 0.25) is 0 Å². The third-order valence-electron chi connectivity index (χ3n) is 2.65. The molecule has 1 atom stereocenters. The van der Waals surface area contributed by atoms with Gasteiger partial charge in [-0.2, -0.15) is 0 Å². The van der Waals surface area contributed by atoms with Gasteiger partial charge in [-0.05, 0) is 23.6 Å². The van der Waals surface area contributed by atoms with E-state index in [0.29, 0.717) is 17.0 Å². The second-order valence-electron chi connectivity index (χ2n) is 4.36. The number of hydrogen-bond acceptors (Lipinski definition) is 2. The fourth-order valence-corrected chi connectivity index (χ4v) is 1.97. The maximum atomic E-state index is 11.2. The first kappa shape index (κ1) is 12.1. The molecule has 4 nitrogen and oxygen atoms in total. The molecule has 1 aromatic carbocycles. The van der Waals surface area contributed by atoms with Crippen LogP contribution in [0.4, 0.5) is 0 Å². The SMILES string of the molecule is CC(C)C(Br)c1ccc2[nH]c(=O)c(=O)[nH]c2c1. The van der Waals surface area contributed by atoms with Crippen LogP contribution in [-0.4, -0.2) is 9.97 Å². The highest BCUT2D eigenvalue weighted by atomic mass is 79.9. The summed E-state index contributed by atoms with van der Waals surface area (Å²) in [6.45, 7) is 4.22. The summed E-state index contributed by atoms with van der Waals surface area (Å²) in [6, 6.07) is 5.63. The summed E-state index contributed by atoms with van der Waals surface area (Å²) in [7, 11) is 0. The summed E-state index contributed by atoms with van der Waals surface area (Å²) >= 11 is 3.61. The van der Waals surface area contributed by atoms with E-state index in [4.69, 9.17) is 0 Å². The molecule has 1 heterocycles. The predicted octanol–water partition coefficient (Wildman–Crippen LogP) is 2.31. The Labute approximate surface area is 106 Å². The highest BCUT2D eigenvalue weighted by molar-refractivity contribution is 9.09. The van der Waals surface area contributed by atoms with E-state index in [1.165, 1.54) is 0 Å². The Morgan fingerprint density at radius 2 is 1.65 bits per heavy atom. The summed E-state index contributed by atoms with van der Waals surface area (Å²) in [6.07, 6.45) is 0. The zero-order valence-electron chi connectivity index (χ0n) is 9.58. The van der Waals surface area contributed by atoms with E-state index in [1.807, 2.05) is 12.1 Å². The van der Waals surface area contributed by atoms with Gasteiger partial charge in [0.15, 0.2) is 0 Å². The lowest BCUT2D eigenvalue weighted by molar-refractivity contribution is 0.641. The lowest BCUT2D eigenvalue weighted by Crippen LogP contribution is -2.28. The average molecular weight is 297 g/mol. The predicted molar refractivity (Wildman–Crippen MR) is 71.7 cm³/mol. The Bertz CT molecular complexity index is 657. The largest absolute Gasteiger partial charge is 0.316 e. The van der Waals surface area contributed by atoms with Crippen LogP contribution in [0.3, 0.4) is 0 Å². The molecule has 0 saturated heterocycles. The fourth-order valence-electron chi connectivity index (χ4n) is 1.69. The van der Waals surface area contributed by atoms with E-state index in [-0.39, 0.29) is 4.83 Å². The molecular formula is C12H13BrN2O2. The number of rotatable bonds is 2. The lowest BCUT2D eigenvalue weighted by Gasteiger charge is -2.14. The van der Waals surface area contributed by atoms with Crippen LogP contribution in [0.15, 0.2) is 27.8 Å².